The molecule has 9 heteroatoms. The Morgan fingerprint density at radius 2 is 2.38 bits per heavy atom. The number of benzene rings is 1. The first kappa shape index (κ1) is 18.2. The third-order valence-electron chi connectivity index (χ3n) is 3.81. The molecule has 1 aromatic carbocycles. The van der Waals surface area contributed by atoms with Crippen LogP contribution in [0.25, 0.3) is 0 Å². The van der Waals surface area contributed by atoms with E-state index in [2.05, 4.69) is 26.9 Å². The van der Waals surface area contributed by atoms with Gasteiger partial charge in [0.25, 0.3) is 0 Å². The summed E-state index contributed by atoms with van der Waals surface area (Å²) in [6.45, 7) is 2.30. The van der Waals surface area contributed by atoms with E-state index in [9.17, 15) is 4.79 Å². The minimum absolute atomic E-state index is 0.123. The monoisotopic (exact) mass is 372 g/mol. The summed E-state index contributed by atoms with van der Waals surface area (Å²) in [7, 11) is 0. The lowest BCUT2D eigenvalue weighted by Gasteiger charge is -2.12. The van der Waals surface area contributed by atoms with Gasteiger partial charge in [0.15, 0.2) is 0 Å². The number of unbranched alkanes of at least 4 members (excludes halogenated alkanes) is 1. The number of amides is 1. The standard InChI is InChI=1S/C17H20N6O2S/c1-12(26-17-20-21-22-23(17)14-7-8-14)16(24)19-13-5-4-6-15(11-13)25-10-3-2-9-18/h4-6,11-12,14H,2-3,7-8,10H2,1H3,(H,19,24). The molecule has 1 N–H and O–H groups in total. The van der Waals surface area contributed by atoms with Gasteiger partial charge in [-0.05, 0) is 48.7 Å². The van der Waals surface area contributed by atoms with Crippen LogP contribution >= 0.6 is 11.8 Å². The van der Waals surface area contributed by atoms with Crippen molar-refractivity contribution in [2.75, 3.05) is 11.9 Å². The maximum atomic E-state index is 12.5. The predicted molar refractivity (Wildman–Crippen MR) is 96.8 cm³/mol. The highest BCUT2D eigenvalue weighted by molar-refractivity contribution is 8.00. The molecule has 0 aliphatic heterocycles. The number of ether oxygens (including phenoxy) is 1. The number of carbonyl (C=O) groups is 1. The van der Waals surface area contributed by atoms with E-state index in [1.807, 2.05) is 25.1 Å². The number of anilines is 1. The first-order valence-electron chi connectivity index (χ1n) is 8.52. The van der Waals surface area contributed by atoms with Crippen molar-refractivity contribution in [3.05, 3.63) is 24.3 Å². The zero-order chi connectivity index (χ0) is 18.4. The fourth-order valence-corrected chi connectivity index (χ4v) is 3.13. The van der Waals surface area contributed by atoms with Crippen LogP contribution < -0.4 is 10.1 Å². The van der Waals surface area contributed by atoms with Gasteiger partial charge in [0, 0.05) is 18.2 Å². The van der Waals surface area contributed by atoms with Gasteiger partial charge < -0.3 is 10.1 Å². The molecule has 0 radical (unpaired) electrons. The number of hydrogen-bond acceptors (Lipinski definition) is 7. The SMILES string of the molecule is CC(Sc1nnnn1C1CC1)C(=O)Nc1cccc(OCCCC#N)c1. The minimum Gasteiger partial charge on any atom is -0.493 e. The highest BCUT2D eigenvalue weighted by atomic mass is 32.2. The summed E-state index contributed by atoms with van der Waals surface area (Å²) in [6, 6.07) is 9.68. The lowest BCUT2D eigenvalue weighted by atomic mass is 10.3. The summed E-state index contributed by atoms with van der Waals surface area (Å²) in [5.74, 6) is 0.542. The predicted octanol–water partition coefficient (Wildman–Crippen LogP) is 2.81. The Hall–Kier alpha value is -2.60. The van der Waals surface area contributed by atoms with Gasteiger partial charge in [-0.2, -0.15) is 5.26 Å². The summed E-state index contributed by atoms with van der Waals surface area (Å²) in [5.41, 5.74) is 0.669. The smallest absolute Gasteiger partial charge is 0.237 e. The van der Waals surface area contributed by atoms with Crippen LogP contribution in [0.5, 0.6) is 5.75 Å². The molecule has 3 rings (SSSR count). The number of tetrazole rings is 1. The molecule has 26 heavy (non-hydrogen) atoms. The molecule has 0 bridgehead atoms. The fraction of sp³-hybridized carbons (Fsp3) is 0.471. The molecular weight excluding hydrogens is 352 g/mol. The average molecular weight is 372 g/mol. The summed E-state index contributed by atoms with van der Waals surface area (Å²) >= 11 is 1.35. The van der Waals surface area contributed by atoms with Crippen molar-refractivity contribution in [3.8, 4) is 11.8 Å². The Labute approximate surface area is 155 Å². The first-order chi connectivity index (χ1) is 12.7. The summed E-state index contributed by atoms with van der Waals surface area (Å²) in [5, 5.41) is 23.5. The van der Waals surface area contributed by atoms with E-state index in [4.69, 9.17) is 10.00 Å². The largest absolute Gasteiger partial charge is 0.493 e. The second-order valence-electron chi connectivity index (χ2n) is 6.02. The second kappa shape index (κ2) is 8.67. The number of nitriles is 1. The van der Waals surface area contributed by atoms with Crippen molar-refractivity contribution in [1.29, 1.82) is 5.26 Å². The van der Waals surface area contributed by atoms with Gasteiger partial charge >= 0.3 is 0 Å². The quantitative estimate of drug-likeness (QED) is 0.533. The van der Waals surface area contributed by atoms with Crippen molar-refractivity contribution in [2.45, 2.75) is 49.1 Å². The molecule has 8 nitrogen and oxygen atoms in total. The van der Waals surface area contributed by atoms with E-state index in [0.717, 1.165) is 12.8 Å². The fourth-order valence-electron chi connectivity index (χ4n) is 2.27. The van der Waals surface area contributed by atoms with Crippen LogP contribution in [0.15, 0.2) is 29.4 Å². The average Bonchev–Trinajstić information content (AvgIpc) is 3.38. The van der Waals surface area contributed by atoms with Crippen LogP contribution in [0.1, 0.15) is 38.6 Å². The molecular formula is C17H20N6O2S. The Morgan fingerprint density at radius 3 is 3.15 bits per heavy atom. The third kappa shape index (κ3) is 4.95. The molecule has 136 valence electrons. The van der Waals surface area contributed by atoms with Crippen molar-refractivity contribution in [3.63, 3.8) is 0 Å². The van der Waals surface area contributed by atoms with E-state index >= 15 is 0 Å². The number of nitrogens with zero attached hydrogens (tertiary/aromatic N) is 5. The molecule has 1 heterocycles. The van der Waals surface area contributed by atoms with Crippen molar-refractivity contribution in [2.24, 2.45) is 0 Å². The van der Waals surface area contributed by atoms with Gasteiger partial charge in [-0.15, -0.1) is 5.10 Å². The summed E-state index contributed by atoms with van der Waals surface area (Å²) in [6.07, 6.45) is 3.31. The Morgan fingerprint density at radius 1 is 1.54 bits per heavy atom. The molecule has 1 saturated carbocycles. The van der Waals surface area contributed by atoms with E-state index in [0.29, 0.717) is 42.1 Å². The molecule has 1 atom stereocenters. The maximum absolute atomic E-state index is 12.5. The minimum atomic E-state index is -0.335. The number of thioether (sulfide) groups is 1. The maximum Gasteiger partial charge on any atom is 0.237 e. The van der Waals surface area contributed by atoms with E-state index in [1.54, 1.807) is 10.7 Å². The number of aromatic nitrogens is 4. The second-order valence-corrected chi connectivity index (χ2v) is 7.33. The van der Waals surface area contributed by atoms with Crippen molar-refractivity contribution >= 4 is 23.4 Å². The van der Waals surface area contributed by atoms with Gasteiger partial charge in [0.1, 0.15) is 5.75 Å². The number of nitrogens with one attached hydrogen (secondary N) is 1. The molecule has 1 aliphatic carbocycles. The molecule has 2 aromatic rings. The van der Waals surface area contributed by atoms with Crippen LogP contribution in [0.2, 0.25) is 0 Å². The molecule has 1 amide bonds. The lowest BCUT2D eigenvalue weighted by molar-refractivity contribution is -0.115. The third-order valence-corrected chi connectivity index (χ3v) is 4.86. The Kier molecular flexibility index (Phi) is 6.07. The number of rotatable bonds is 9. The normalized spacial score (nSPS) is 14.5. The molecule has 0 spiro atoms. The first-order valence-corrected chi connectivity index (χ1v) is 9.40. The van der Waals surface area contributed by atoms with Gasteiger partial charge in [-0.25, -0.2) is 4.68 Å². The topological polar surface area (TPSA) is 106 Å². The van der Waals surface area contributed by atoms with Gasteiger partial charge in [-0.1, -0.05) is 17.8 Å². The van der Waals surface area contributed by atoms with Crippen LogP contribution in [0, 0.1) is 11.3 Å². The summed E-state index contributed by atoms with van der Waals surface area (Å²) < 4.78 is 7.38. The highest BCUT2D eigenvalue weighted by Crippen LogP contribution is 2.37. The van der Waals surface area contributed by atoms with Crippen LogP contribution in [0.3, 0.4) is 0 Å². The van der Waals surface area contributed by atoms with Crippen molar-refractivity contribution < 1.29 is 9.53 Å². The van der Waals surface area contributed by atoms with Gasteiger partial charge in [0.05, 0.1) is 24.0 Å². The number of carbonyl (C=O) groups excluding carboxylic acids is 1. The van der Waals surface area contributed by atoms with Crippen molar-refractivity contribution in [1.82, 2.24) is 20.2 Å². The van der Waals surface area contributed by atoms with E-state index < -0.39 is 0 Å². The highest BCUT2D eigenvalue weighted by Gasteiger charge is 2.29. The van der Waals surface area contributed by atoms with Crippen LogP contribution in [-0.2, 0) is 4.79 Å². The Bertz CT molecular complexity index is 799. The van der Waals surface area contributed by atoms with Crippen LogP contribution in [-0.4, -0.2) is 38.0 Å². The molecule has 0 saturated heterocycles. The van der Waals surface area contributed by atoms with E-state index in [-0.39, 0.29) is 11.2 Å². The van der Waals surface area contributed by atoms with Crippen LogP contribution in [0.4, 0.5) is 5.69 Å². The zero-order valence-corrected chi connectivity index (χ0v) is 15.3. The molecule has 1 fully saturated rings. The zero-order valence-electron chi connectivity index (χ0n) is 14.5. The van der Waals surface area contributed by atoms with Gasteiger partial charge in [-0.3, -0.25) is 4.79 Å². The molecule has 1 unspecified atom stereocenters. The van der Waals surface area contributed by atoms with Gasteiger partial charge in [0.2, 0.25) is 11.1 Å². The number of hydrogen-bond donors (Lipinski definition) is 1. The Balaban J connectivity index is 1.53. The lowest BCUT2D eigenvalue weighted by Crippen LogP contribution is -2.23. The molecule has 1 aromatic heterocycles. The molecule has 1 aliphatic rings. The van der Waals surface area contributed by atoms with E-state index in [1.165, 1.54) is 11.8 Å². The summed E-state index contributed by atoms with van der Waals surface area (Å²) in [4.78, 5) is 12.5.